The minimum Gasteiger partial charge on any atom is -0.383 e. The highest BCUT2D eigenvalue weighted by molar-refractivity contribution is 6.00. The standard InChI is InChI=1S/C10H15N3O/c1-10(3-2-4-10)5-8(14)7-6-12-13-9(7)11/h6H,2-5H2,1H3,(H3,11,12,13). The highest BCUT2D eigenvalue weighted by Gasteiger charge is 2.34. The van der Waals surface area contributed by atoms with Crippen LogP contribution in [0.15, 0.2) is 6.20 Å². The van der Waals surface area contributed by atoms with Crippen LogP contribution in [0.5, 0.6) is 0 Å². The Balaban J connectivity index is 2.06. The molecule has 0 radical (unpaired) electrons. The number of anilines is 1. The van der Waals surface area contributed by atoms with Crippen molar-refractivity contribution < 1.29 is 4.79 Å². The summed E-state index contributed by atoms with van der Waals surface area (Å²) in [6.07, 6.45) is 5.65. The molecule has 0 bridgehead atoms. The molecule has 1 aromatic heterocycles. The van der Waals surface area contributed by atoms with E-state index in [2.05, 4.69) is 17.1 Å². The molecular weight excluding hydrogens is 178 g/mol. The fourth-order valence-electron chi connectivity index (χ4n) is 1.96. The van der Waals surface area contributed by atoms with E-state index in [1.807, 2.05) is 0 Å². The van der Waals surface area contributed by atoms with Crippen molar-refractivity contribution in [1.29, 1.82) is 0 Å². The van der Waals surface area contributed by atoms with Gasteiger partial charge in [-0.1, -0.05) is 13.3 Å². The van der Waals surface area contributed by atoms with Crippen LogP contribution in [0.3, 0.4) is 0 Å². The molecule has 3 N–H and O–H groups in total. The first-order chi connectivity index (χ1) is 6.61. The van der Waals surface area contributed by atoms with E-state index in [4.69, 9.17) is 5.73 Å². The second-order valence-corrected chi connectivity index (χ2v) is 4.46. The number of nitrogens with one attached hydrogen (secondary N) is 1. The number of Topliss-reactive ketones (excluding diaryl/α,β-unsaturated/α-hetero) is 1. The third kappa shape index (κ3) is 1.52. The number of nitrogens with two attached hydrogens (primary N) is 1. The molecule has 0 saturated heterocycles. The molecule has 4 heteroatoms. The molecule has 0 aromatic carbocycles. The Morgan fingerprint density at radius 3 is 2.86 bits per heavy atom. The van der Waals surface area contributed by atoms with Crippen LogP contribution in [0.2, 0.25) is 0 Å². The number of carbonyl (C=O) groups excluding carboxylic acids is 1. The van der Waals surface area contributed by atoms with Crippen LogP contribution in [0.4, 0.5) is 5.82 Å². The number of aromatic amines is 1. The molecule has 0 atom stereocenters. The van der Waals surface area contributed by atoms with Gasteiger partial charge in [-0.25, -0.2) is 0 Å². The van der Waals surface area contributed by atoms with Crippen LogP contribution in [0, 0.1) is 5.41 Å². The summed E-state index contributed by atoms with van der Waals surface area (Å²) in [5.41, 5.74) is 6.33. The molecule has 76 valence electrons. The summed E-state index contributed by atoms with van der Waals surface area (Å²) >= 11 is 0. The van der Waals surface area contributed by atoms with E-state index in [0.29, 0.717) is 17.8 Å². The first-order valence-electron chi connectivity index (χ1n) is 4.93. The highest BCUT2D eigenvalue weighted by atomic mass is 16.1. The van der Waals surface area contributed by atoms with Gasteiger partial charge in [0.2, 0.25) is 0 Å². The topological polar surface area (TPSA) is 71.8 Å². The molecule has 14 heavy (non-hydrogen) atoms. The van der Waals surface area contributed by atoms with Crippen molar-refractivity contribution in [1.82, 2.24) is 10.2 Å². The number of carbonyl (C=O) groups is 1. The molecule has 4 nitrogen and oxygen atoms in total. The minimum atomic E-state index is 0.110. The van der Waals surface area contributed by atoms with E-state index in [1.54, 1.807) is 0 Å². The fraction of sp³-hybridized carbons (Fsp3) is 0.600. The van der Waals surface area contributed by atoms with Gasteiger partial charge in [-0.3, -0.25) is 9.89 Å². The summed E-state index contributed by atoms with van der Waals surface area (Å²) < 4.78 is 0. The molecule has 0 unspecified atom stereocenters. The average molecular weight is 193 g/mol. The lowest BCUT2D eigenvalue weighted by molar-refractivity contribution is 0.0817. The zero-order valence-electron chi connectivity index (χ0n) is 8.34. The molecular formula is C10H15N3O. The Morgan fingerprint density at radius 1 is 1.71 bits per heavy atom. The van der Waals surface area contributed by atoms with E-state index in [1.165, 1.54) is 12.6 Å². The number of H-pyrrole nitrogens is 1. The second kappa shape index (κ2) is 3.12. The van der Waals surface area contributed by atoms with Crippen LogP contribution < -0.4 is 5.73 Å². The third-order valence-electron chi connectivity index (χ3n) is 3.12. The summed E-state index contributed by atoms with van der Waals surface area (Å²) in [4.78, 5) is 11.8. The van der Waals surface area contributed by atoms with Crippen LogP contribution in [0.25, 0.3) is 0 Å². The Bertz CT molecular complexity index is 352. The number of aromatic nitrogens is 2. The predicted molar refractivity (Wildman–Crippen MR) is 53.9 cm³/mol. The first-order valence-corrected chi connectivity index (χ1v) is 4.93. The number of hydrogen-bond acceptors (Lipinski definition) is 3. The minimum absolute atomic E-state index is 0.110. The van der Waals surface area contributed by atoms with Crippen molar-refractivity contribution >= 4 is 11.6 Å². The van der Waals surface area contributed by atoms with Gasteiger partial charge in [-0.2, -0.15) is 5.10 Å². The zero-order valence-corrected chi connectivity index (χ0v) is 8.34. The van der Waals surface area contributed by atoms with E-state index < -0.39 is 0 Å². The van der Waals surface area contributed by atoms with Crippen molar-refractivity contribution in [2.75, 3.05) is 5.73 Å². The van der Waals surface area contributed by atoms with Gasteiger partial charge >= 0.3 is 0 Å². The van der Waals surface area contributed by atoms with Crippen LogP contribution in [0.1, 0.15) is 43.0 Å². The number of rotatable bonds is 3. The maximum atomic E-state index is 11.8. The van der Waals surface area contributed by atoms with Crippen molar-refractivity contribution in [3.63, 3.8) is 0 Å². The molecule has 1 aliphatic carbocycles. The van der Waals surface area contributed by atoms with Crippen LogP contribution in [-0.2, 0) is 0 Å². The maximum absolute atomic E-state index is 11.8. The highest BCUT2D eigenvalue weighted by Crippen LogP contribution is 2.44. The van der Waals surface area contributed by atoms with Gasteiger partial charge in [-0.05, 0) is 18.3 Å². The number of nitrogens with zero attached hydrogens (tertiary/aromatic N) is 1. The molecule has 1 saturated carbocycles. The van der Waals surface area contributed by atoms with Gasteiger partial charge < -0.3 is 5.73 Å². The molecule has 0 spiro atoms. The van der Waals surface area contributed by atoms with Crippen molar-refractivity contribution in [2.45, 2.75) is 32.6 Å². The molecule has 2 rings (SSSR count). The SMILES string of the molecule is CC1(CC(=O)c2cn[nH]c2N)CCC1. The first kappa shape index (κ1) is 9.24. The zero-order chi connectivity index (χ0) is 10.2. The maximum Gasteiger partial charge on any atom is 0.168 e. The molecule has 1 aliphatic rings. The lowest BCUT2D eigenvalue weighted by Crippen LogP contribution is -2.28. The molecule has 1 fully saturated rings. The van der Waals surface area contributed by atoms with E-state index in [-0.39, 0.29) is 11.2 Å². The summed E-state index contributed by atoms with van der Waals surface area (Å²) in [6.45, 7) is 2.16. The quantitative estimate of drug-likeness (QED) is 0.718. The van der Waals surface area contributed by atoms with Crippen LogP contribution in [-0.4, -0.2) is 16.0 Å². The fourth-order valence-corrected chi connectivity index (χ4v) is 1.96. The molecule has 0 amide bonds. The van der Waals surface area contributed by atoms with Crippen molar-refractivity contribution in [2.24, 2.45) is 5.41 Å². The van der Waals surface area contributed by atoms with E-state index in [0.717, 1.165) is 12.8 Å². The van der Waals surface area contributed by atoms with Gasteiger partial charge in [0.25, 0.3) is 0 Å². The van der Waals surface area contributed by atoms with Gasteiger partial charge in [0, 0.05) is 6.42 Å². The van der Waals surface area contributed by atoms with Crippen molar-refractivity contribution in [3.05, 3.63) is 11.8 Å². The van der Waals surface area contributed by atoms with Crippen LogP contribution >= 0.6 is 0 Å². The number of nitrogen functional groups attached to an aromatic ring is 1. The van der Waals surface area contributed by atoms with Gasteiger partial charge in [-0.15, -0.1) is 0 Å². The van der Waals surface area contributed by atoms with Gasteiger partial charge in [0.15, 0.2) is 5.78 Å². The summed E-state index contributed by atoms with van der Waals surface area (Å²) in [5, 5.41) is 6.32. The van der Waals surface area contributed by atoms with E-state index in [9.17, 15) is 4.79 Å². The van der Waals surface area contributed by atoms with E-state index >= 15 is 0 Å². The lowest BCUT2D eigenvalue weighted by Gasteiger charge is -2.37. The average Bonchev–Trinajstić information content (AvgIpc) is 2.48. The second-order valence-electron chi connectivity index (χ2n) is 4.46. The monoisotopic (exact) mass is 193 g/mol. The summed E-state index contributed by atoms with van der Waals surface area (Å²) in [5.74, 6) is 0.497. The largest absolute Gasteiger partial charge is 0.383 e. The summed E-state index contributed by atoms with van der Waals surface area (Å²) in [6, 6.07) is 0. The molecule has 0 aliphatic heterocycles. The normalized spacial score (nSPS) is 18.9. The molecule has 1 heterocycles. The van der Waals surface area contributed by atoms with Gasteiger partial charge in [0.05, 0.1) is 11.8 Å². The van der Waals surface area contributed by atoms with Crippen molar-refractivity contribution in [3.8, 4) is 0 Å². The molecule has 1 aromatic rings. The summed E-state index contributed by atoms with van der Waals surface area (Å²) in [7, 11) is 0. The Labute approximate surface area is 82.9 Å². The van der Waals surface area contributed by atoms with Gasteiger partial charge in [0.1, 0.15) is 5.82 Å². The Morgan fingerprint density at radius 2 is 2.43 bits per heavy atom. The predicted octanol–water partition coefficient (Wildman–Crippen LogP) is 1.75. The Hall–Kier alpha value is -1.32. The smallest absolute Gasteiger partial charge is 0.168 e. The lowest BCUT2D eigenvalue weighted by atomic mass is 9.67. The Kier molecular flexibility index (Phi) is 2.06. The third-order valence-corrected chi connectivity index (χ3v) is 3.12. The number of ketones is 1. The number of hydrogen-bond donors (Lipinski definition) is 2.